The third-order valence-corrected chi connectivity index (χ3v) is 6.93. The fourth-order valence-electron chi connectivity index (χ4n) is 5.75. The van der Waals surface area contributed by atoms with Crippen molar-refractivity contribution in [1.82, 2.24) is 5.32 Å². The third-order valence-electron chi connectivity index (χ3n) is 6.93. The van der Waals surface area contributed by atoms with Crippen molar-refractivity contribution in [3.63, 3.8) is 0 Å². The molecule has 1 N–H and O–H groups in total. The quantitative estimate of drug-likeness (QED) is 0.682. The smallest absolute Gasteiger partial charge is 0.323 e. The van der Waals surface area contributed by atoms with Crippen LogP contribution in [0.15, 0.2) is 91.0 Å². The van der Waals surface area contributed by atoms with Crippen LogP contribution >= 0.6 is 0 Å². The van der Waals surface area contributed by atoms with Crippen LogP contribution in [-0.4, -0.2) is 24.9 Å². The number of hydrogen-bond donors (Lipinski definition) is 1. The van der Waals surface area contributed by atoms with E-state index in [-0.39, 0.29) is 17.8 Å². The number of Topliss-reactive ketones (excluding diaryl/α,β-unsaturated/α-hetero) is 1. The van der Waals surface area contributed by atoms with Crippen LogP contribution < -0.4 is 5.32 Å². The highest BCUT2D eigenvalue weighted by atomic mass is 16.5. The Hall–Kier alpha value is -3.24. The number of methoxy groups -OCH3 is 1. The maximum Gasteiger partial charge on any atom is 0.323 e. The molecule has 3 aromatic rings. The Balaban J connectivity index is 1.84. The van der Waals surface area contributed by atoms with Gasteiger partial charge in [-0.1, -0.05) is 91.0 Å². The zero-order valence-electron chi connectivity index (χ0n) is 16.7. The number of carbonyl (C=O) groups is 2. The second-order valence-corrected chi connectivity index (χ2v) is 8.08. The van der Waals surface area contributed by atoms with Gasteiger partial charge in [0.05, 0.1) is 18.6 Å². The van der Waals surface area contributed by atoms with Crippen LogP contribution in [0.4, 0.5) is 0 Å². The molecule has 4 nitrogen and oxygen atoms in total. The molecule has 4 atom stereocenters. The first-order chi connectivity index (χ1) is 14.7. The summed E-state index contributed by atoms with van der Waals surface area (Å²) in [5.41, 5.74) is 1.28. The predicted molar refractivity (Wildman–Crippen MR) is 114 cm³/mol. The van der Waals surface area contributed by atoms with Crippen LogP contribution in [0.5, 0.6) is 0 Å². The Morgan fingerprint density at radius 3 is 1.93 bits per heavy atom. The minimum atomic E-state index is -0.893. The summed E-state index contributed by atoms with van der Waals surface area (Å²) in [5.74, 6) is -0.199. The van der Waals surface area contributed by atoms with Gasteiger partial charge in [-0.15, -0.1) is 0 Å². The van der Waals surface area contributed by atoms with E-state index in [1.54, 1.807) is 0 Å². The zero-order valence-corrected chi connectivity index (χ0v) is 16.7. The monoisotopic (exact) mass is 397 g/mol. The van der Waals surface area contributed by atoms with Crippen molar-refractivity contribution >= 4 is 11.8 Å². The zero-order chi connectivity index (χ0) is 20.8. The number of hydrogen-bond acceptors (Lipinski definition) is 4. The van der Waals surface area contributed by atoms with Crippen LogP contribution in [-0.2, 0) is 25.2 Å². The lowest BCUT2D eigenvalue weighted by Gasteiger charge is -2.57. The molecular weight excluding hydrogens is 374 g/mol. The molecule has 0 aromatic heterocycles. The molecule has 1 aliphatic heterocycles. The second kappa shape index (κ2) is 6.92. The lowest BCUT2D eigenvalue weighted by Crippen LogP contribution is -2.68. The van der Waals surface area contributed by atoms with Crippen molar-refractivity contribution in [3.05, 3.63) is 108 Å². The van der Waals surface area contributed by atoms with Crippen LogP contribution in [0, 0.1) is 0 Å². The standard InChI is InChI=1S/C26H23NO3/c1-30-24(29)23-25(19-13-7-3-8-14-19)17-21(28)26(25,20-15-9-4-10-16-20)22(27-23)18-11-5-2-6-12-18/h2-16,22-23,27H,17H2,1H3/t22-,23+,25+,26+/m0/s1. The van der Waals surface area contributed by atoms with Gasteiger partial charge in [0, 0.05) is 11.8 Å². The molecule has 30 heavy (non-hydrogen) atoms. The SMILES string of the molecule is COC(=O)[C@H]1N[C@@H](c2ccccc2)[C@@]2(c3ccccc3)C(=O)C[C@@]12c1ccccc1. The maximum atomic E-state index is 13.7. The van der Waals surface area contributed by atoms with Gasteiger partial charge in [-0.25, -0.2) is 0 Å². The highest BCUT2D eigenvalue weighted by molar-refractivity contribution is 6.05. The van der Waals surface area contributed by atoms with Gasteiger partial charge in [0.2, 0.25) is 0 Å². The summed E-state index contributed by atoms with van der Waals surface area (Å²) < 4.78 is 5.22. The van der Waals surface area contributed by atoms with Crippen LogP contribution in [0.3, 0.4) is 0 Å². The fourth-order valence-corrected chi connectivity index (χ4v) is 5.75. The fraction of sp³-hybridized carbons (Fsp3) is 0.231. The van der Waals surface area contributed by atoms with E-state index >= 15 is 0 Å². The minimum absolute atomic E-state index is 0.144. The number of fused-ring (bicyclic) bond motifs is 1. The van der Waals surface area contributed by atoms with Crippen molar-refractivity contribution in [1.29, 1.82) is 0 Å². The molecule has 0 spiro atoms. The van der Waals surface area contributed by atoms with Crippen LogP contribution in [0.1, 0.15) is 29.2 Å². The summed E-state index contributed by atoms with van der Waals surface area (Å²) in [6.07, 6.45) is 0.294. The molecule has 5 rings (SSSR count). The summed E-state index contributed by atoms with van der Waals surface area (Å²) in [7, 11) is 1.41. The molecule has 1 saturated carbocycles. The first-order valence-electron chi connectivity index (χ1n) is 10.2. The summed E-state index contributed by atoms with van der Waals surface area (Å²) in [4.78, 5) is 26.7. The van der Waals surface area contributed by atoms with Crippen molar-refractivity contribution < 1.29 is 14.3 Å². The highest BCUT2D eigenvalue weighted by Crippen LogP contribution is 2.67. The first-order valence-corrected chi connectivity index (χ1v) is 10.2. The first kappa shape index (κ1) is 18.8. The summed E-state index contributed by atoms with van der Waals surface area (Å²) >= 11 is 0. The van der Waals surface area contributed by atoms with E-state index in [0.29, 0.717) is 6.42 Å². The molecule has 2 fully saturated rings. The van der Waals surface area contributed by atoms with E-state index in [4.69, 9.17) is 4.74 Å². The largest absolute Gasteiger partial charge is 0.468 e. The molecule has 1 aliphatic carbocycles. The number of esters is 1. The molecule has 3 aromatic carbocycles. The Morgan fingerprint density at radius 2 is 1.40 bits per heavy atom. The topological polar surface area (TPSA) is 55.4 Å². The number of benzene rings is 3. The lowest BCUT2D eigenvalue weighted by molar-refractivity contribution is -0.149. The molecule has 1 heterocycles. The molecule has 0 bridgehead atoms. The molecule has 150 valence electrons. The van der Waals surface area contributed by atoms with Gasteiger partial charge < -0.3 is 4.74 Å². The lowest BCUT2D eigenvalue weighted by atomic mass is 9.41. The van der Waals surface area contributed by atoms with E-state index in [1.165, 1.54) is 7.11 Å². The van der Waals surface area contributed by atoms with Gasteiger partial charge in [-0.2, -0.15) is 0 Å². The van der Waals surface area contributed by atoms with E-state index < -0.39 is 16.9 Å². The number of carbonyl (C=O) groups excluding carboxylic acids is 2. The van der Waals surface area contributed by atoms with E-state index in [2.05, 4.69) is 5.32 Å². The van der Waals surface area contributed by atoms with Gasteiger partial charge >= 0.3 is 5.97 Å². The van der Waals surface area contributed by atoms with E-state index in [0.717, 1.165) is 16.7 Å². The van der Waals surface area contributed by atoms with Crippen molar-refractivity contribution in [2.45, 2.75) is 29.3 Å². The summed E-state index contributed by atoms with van der Waals surface area (Å²) in [5, 5.41) is 3.53. The summed E-state index contributed by atoms with van der Waals surface area (Å²) in [6, 6.07) is 28.8. The number of ketones is 1. The average Bonchev–Trinajstić information content (AvgIpc) is 3.06. The van der Waals surface area contributed by atoms with E-state index in [9.17, 15) is 9.59 Å². The van der Waals surface area contributed by atoms with Gasteiger partial charge in [0.25, 0.3) is 0 Å². The van der Waals surface area contributed by atoms with Crippen molar-refractivity contribution in [2.24, 2.45) is 0 Å². The third kappa shape index (κ3) is 2.25. The predicted octanol–water partition coefficient (Wildman–Crippen LogP) is 3.72. The summed E-state index contributed by atoms with van der Waals surface area (Å²) in [6.45, 7) is 0. The highest BCUT2D eigenvalue weighted by Gasteiger charge is 2.78. The Labute approximate surface area is 175 Å². The maximum absolute atomic E-state index is 13.7. The Bertz CT molecular complexity index is 1080. The number of ether oxygens (including phenoxy) is 1. The molecule has 4 heteroatoms. The van der Waals surface area contributed by atoms with Crippen LogP contribution in [0.25, 0.3) is 0 Å². The average molecular weight is 397 g/mol. The minimum Gasteiger partial charge on any atom is -0.468 e. The van der Waals surface area contributed by atoms with Crippen molar-refractivity contribution in [3.8, 4) is 0 Å². The molecular formula is C26H23NO3. The van der Waals surface area contributed by atoms with Crippen LogP contribution in [0.2, 0.25) is 0 Å². The second-order valence-electron chi connectivity index (χ2n) is 8.08. The normalized spacial score (nSPS) is 29.7. The number of nitrogens with one attached hydrogen (secondary N) is 1. The van der Waals surface area contributed by atoms with E-state index in [1.807, 2.05) is 91.0 Å². The number of rotatable bonds is 4. The van der Waals surface area contributed by atoms with Gasteiger partial charge in [0.15, 0.2) is 0 Å². The van der Waals surface area contributed by atoms with Crippen molar-refractivity contribution in [2.75, 3.05) is 7.11 Å². The van der Waals surface area contributed by atoms with Gasteiger partial charge in [-0.05, 0) is 16.7 Å². The Morgan fingerprint density at radius 1 is 0.867 bits per heavy atom. The van der Waals surface area contributed by atoms with Gasteiger partial charge in [-0.3, -0.25) is 14.9 Å². The Kier molecular flexibility index (Phi) is 4.33. The molecule has 0 amide bonds. The molecule has 1 saturated heterocycles. The molecule has 2 aliphatic rings. The molecule has 0 unspecified atom stereocenters. The molecule has 0 radical (unpaired) electrons. The van der Waals surface area contributed by atoms with Gasteiger partial charge in [0.1, 0.15) is 11.8 Å².